The fourth-order valence-corrected chi connectivity index (χ4v) is 7.67. The summed E-state index contributed by atoms with van der Waals surface area (Å²) >= 11 is 12.8. The van der Waals surface area contributed by atoms with Crippen molar-refractivity contribution in [3.8, 4) is 5.75 Å². The number of halogens is 2. The molecule has 0 bridgehead atoms. The summed E-state index contributed by atoms with van der Waals surface area (Å²) in [7, 11) is 1.56. The number of nitrogens with zero attached hydrogens (tertiary/aromatic N) is 1. The first-order chi connectivity index (χ1) is 20.8. The number of anilines is 2. The van der Waals surface area contributed by atoms with Crippen molar-refractivity contribution >= 4 is 57.6 Å². The van der Waals surface area contributed by atoms with Crippen LogP contribution >= 0.6 is 23.2 Å². The van der Waals surface area contributed by atoms with Gasteiger partial charge in [-0.25, -0.2) is 0 Å². The van der Waals surface area contributed by atoms with Crippen molar-refractivity contribution in [1.82, 2.24) is 0 Å². The quantitative estimate of drug-likeness (QED) is 0.242. The average Bonchev–Trinajstić information content (AvgIpc) is 3.49. The summed E-state index contributed by atoms with van der Waals surface area (Å²) in [5.41, 5.74) is 3.15. The van der Waals surface area contributed by atoms with Gasteiger partial charge in [-0.15, -0.1) is 0 Å². The van der Waals surface area contributed by atoms with Gasteiger partial charge >= 0.3 is 0 Å². The lowest BCUT2D eigenvalue weighted by molar-refractivity contribution is -0.121. The minimum Gasteiger partial charge on any atom is -0.497 e. The molecule has 43 heavy (non-hydrogen) atoms. The zero-order chi connectivity index (χ0) is 30.0. The molecule has 1 fully saturated rings. The van der Waals surface area contributed by atoms with Gasteiger partial charge in [0.15, 0.2) is 11.6 Å². The number of allylic oxidation sites excluding steroid dienone is 1. The molecule has 1 N–H and O–H groups in total. The molecule has 4 atom stereocenters. The number of para-hydroxylation sites is 2. The number of ketones is 2. The van der Waals surface area contributed by atoms with Crippen LogP contribution in [0.4, 0.5) is 11.4 Å². The summed E-state index contributed by atoms with van der Waals surface area (Å²) in [6, 6.07) is 25.0. The molecule has 214 valence electrons. The van der Waals surface area contributed by atoms with Crippen LogP contribution < -0.4 is 15.0 Å². The Bertz CT molecular complexity index is 1870. The van der Waals surface area contributed by atoms with Crippen LogP contribution in [0.5, 0.6) is 5.75 Å². The number of fused-ring (bicyclic) bond motifs is 6. The summed E-state index contributed by atoms with van der Waals surface area (Å²) in [6.07, 6.45) is 2.02. The van der Waals surface area contributed by atoms with Gasteiger partial charge in [-0.3, -0.25) is 14.4 Å². The van der Waals surface area contributed by atoms with Crippen molar-refractivity contribution in [2.45, 2.75) is 24.4 Å². The predicted octanol–water partition coefficient (Wildman–Crippen LogP) is 7.25. The molecule has 0 aromatic heterocycles. The third-order valence-corrected chi connectivity index (χ3v) is 9.55. The highest BCUT2D eigenvalue weighted by molar-refractivity contribution is 6.37. The highest BCUT2D eigenvalue weighted by Crippen LogP contribution is 2.59. The number of amides is 1. The highest BCUT2D eigenvalue weighted by Gasteiger charge is 2.70. The number of rotatable bonds is 5. The number of benzene rings is 4. The zero-order valence-electron chi connectivity index (χ0n) is 23.3. The van der Waals surface area contributed by atoms with E-state index in [0.29, 0.717) is 27.6 Å². The summed E-state index contributed by atoms with van der Waals surface area (Å²) in [5, 5.41) is 3.58. The number of carbonyl (C=O) groups excluding carboxylic acids is 3. The van der Waals surface area contributed by atoms with E-state index in [1.54, 1.807) is 43.5 Å². The Morgan fingerprint density at radius 2 is 1.63 bits per heavy atom. The van der Waals surface area contributed by atoms with Gasteiger partial charge in [0.1, 0.15) is 17.2 Å². The first-order valence-corrected chi connectivity index (χ1v) is 14.7. The van der Waals surface area contributed by atoms with Crippen molar-refractivity contribution in [3.63, 3.8) is 0 Å². The molecule has 3 heterocycles. The molecule has 4 aromatic carbocycles. The first-order valence-electron chi connectivity index (χ1n) is 13.9. The largest absolute Gasteiger partial charge is 0.497 e. The topological polar surface area (TPSA) is 75.7 Å². The first kappa shape index (κ1) is 27.4. The third-order valence-electron chi connectivity index (χ3n) is 9.01. The van der Waals surface area contributed by atoms with E-state index in [-0.39, 0.29) is 22.3 Å². The number of carbonyl (C=O) groups is 3. The highest BCUT2D eigenvalue weighted by atomic mass is 35.5. The number of methoxy groups -OCH3 is 1. The minimum absolute atomic E-state index is 0.159. The Morgan fingerprint density at radius 3 is 2.37 bits per heavy atom. The van der Waals surface area contributed by atoms with Crippen LogP contribution in [0.1, 0.15) is 38.8 Å². The lowest BCUT2D eigenvalue weighted by Gasteiger charge is -2.39. The molecule has 1 amide bonds. The molecular weight excluding hydrogens is 583 g/mol. The standard InChI is InChI=1S/C35H26Cl2N2O4/c1-19-17-29-35(25-8-4-5-9-27(25)38-34(35)42)30(33(41)24-16-13-21(36)18-26(24)37)31(39(29)28-10-6-3-7-23(19)28)32(40)20-11-14-22(43-2)15-12-20/h3-18,29-31H,1-2H3,(H,38,42). The van der Waals surface area contributed by atoms with Gasteiger partial charge in [0.2, 0.25) is 5.91 Å². The fraction of sp³-hybridized carbons (Fsp3) is 0.171. The maximum Gasteiger partial charge on any atom is 0.238 e. The van der Waals surface area contributed by atoms with Crippen LogP contribution in [0.15, 0.2) is 97.1 Å². The molecule has 1 spiro atoms. The number of Topliss-reactive ketones (excluding diaryl/α,β-unsaturated/α-hetero) is 2. The molecule has 0 saturated carbocycles. The molecule has 3 aliphatic heterocycles. The number of hydrogen-bond donors (Lipinski definition) is 1. The van der Waals surface area contributed by atoms with Crippen LogP contribution in [0.2, 0.25) is 10.0 Å². The average molecular weight is 610 g/mol. The lowest BCUT2D eigenvalue weighted by Crippen LogP contribution is -2.51. The maximum atomic E-state index is 15.0. The number of ether oxygens (including phenoxy) is 1. The molecule has 6 nitrogen and oxygen atoms in total. The van der Waals surface area contributed by atoms with Crippen molar-refractivity contribution in [3.05, 3.63) is 129 Å². The van der Waals surface area contributed by atoms with E-state index in [2.05, 4.69) is 5.32 Å². The monoisotopic (exact) mass is 608 g/mol. The van der Waals surface area contributed by atoms with Crippen molar-refractivity contribution in [2.75, 3.05) is 17.3 Å². The van der Waals surface area contributed by atoms with Crippen LogP contribution in [0, 0.1) is 5.92 Å². The van der Waals surface area contributed by atoms with Gasteiger partial charge in [-0.2, -0.15) is 0 Å². The molecule has 0 aliphatic carbocycles. The second kappa shape index (κ2) is 10.1. The Morgan fingerprint density at radius 1 is 0.907 bits per heavy atom. The second-order valence-electron chi connectivity index (χ2n) is 11.1. The molecule has 3 aliphatic rings. The van der Waals surface area contributed by atoms with Gasteiger partial charge < -0.3 is 15.0 Å². The Labute approximate surface area is 258 Å². The van der Waals surface area contributed by atoms with Gasteiger partial charge in [0.05, 0.1) is 24.1 Å². The van der Waals surface area contributed by atoms with Crippen LogP contribution in [0.3, 0.4) is 0 Å². The van der Waals surface area contributed by atoms with Gasteiger partial charge in [0.25, 0.3) is 0 Å². The normalized spacial score (nSPS) is 23.3. The summed E-state index contributed by atoms with van der Waals surface area (Å²) in [5.74, 6) is -1.56. The van der Waals surface area contributed by atoms with Gasteiger partial charge in [0, 0.05) is 33.1 Å². The molecule has 4 aromatic rings. The minimum atomic E-state index is -1.43. The maximum absolute atomic E-state index is 15.0. The lowest BCUT2D eigenvalue weighted by atomic mass is 9.64. The van der Waals surface area contributed by atoms with Crippen molar-refractivity contribution in [1.29, 1.82) is 0 Å². The fourth-order valence-electron chi connectivity index (χ4n) is 7.17. The second-order valence-corrected chi connectivity index (χ2v) is 11.9. The molecule has 1 saturated heterocycles. The Balaban J connectivity index is 1.55. The van der Waals surface area contributed by atoms with E-state index in [4.69, 9.17) is 27.9 Å². The predicted molar refractivity (Wildman–Crippen MR) is 169 cm³/mol. The third kappa shape index (κ3) is 3.90. The van der Waals surface area contributed by atoms with E-state index in [0.717, 1.165) is 16.8 Å². The van der Waals surface area contributed by atoms with E-state index in [9.17, 15) is 14.4 Å². The van der Waals surface area contributed by atoms with Crippen LogP contribution in [0.25, 0.3) is 5.57 Å². The number of hydrogen-bond acceptors (Lipinski definition) is 5. The zero-order valence-corrected chi connectivity index (χ0v) is 24.8. The molecule has 4 unspecified atom stereocenters. The smallest absolute Gasteiger partial charge is 0.238 e. The van der Waals surface area contributed by atoms with Crippen molar-refractivity contribution in [2.24, 2.45) is 5.92 Å². The van der Waals surface area contributed by atoms with Crippen LogP contribution in [-0.2, 0) is 10.2 Å². The number of nitrogens with one attached hydrogen (secondary N) is 1. The Hall–Kier alpha value is -4.39. The SMILES string of the molecule is COc1ccc(C(=O)C2C(C(=O)c3ccc(Cl)cc3Cl)C3(C(=O)Nc4ccccc43)C3C=C(C)c4ccccc4N23)cc1. The molecular formula is C35H26Cl2N2O4. The van der Waals surface area contributed by atoms with E-state index < -0.39 is 29.2 Å². The summed E-state index contributed by atoms with van der Waals surface area (Å²) in [4.78, 5) is 46.2. The van der Waals surface area contributed by atoms with Gasteiger partial charge in [-0.05, 0) is 72.7 Å². The van der Waals surface area contributed by atoms with Gasteiger partial charge in [-0.1, -0.05) is 65.7 Å². The van der Waals surface area contributed by atoms with E-state index in [1.807, 2.05) is 66.4 Å². The van der Waals surface area contributed by atoms with Crippen molar-refractivity contribution < 1.29 is 19.1 Å². The molecule has 7 rings (SSSR count). The molecule has 8 heteroatoms. The van der Waals surface area contributed by atoms with E-state index in [1.165, 1.54) is 6.07 Å². The Kier molecular flexibility index (Phi) is 6.45. The van der Waals surface area contributed by atoms with E-state index >= 15 is 0 Å². The van der Waals surface area contributed by atoms with Crippen LogP contribution in [-0.4, -0.2) is 36.7 Å². The summed E-state index contributed by atoms with van der Waals surface area (Å²) in [6.45, 7) is 1.99. The molecule has 0 radical (unpaired) electrons. The summed E-state index contributed by atoms with van der Waals surface area (Å²) < 4.78 is 5.33.